The van der Waals surface area contributed by atoms with Gasteiger partial charge in [0.25, 0.3) is 0 Å². The molecule has 19 heavy (non-hydrogen) atoms. The van der Waals surface area contributed by atoms with Gasteiger partial charge in [-0.2, -0.15) is 0 Å². The maximum absolute atomic E-state index is 12.0. The summed E-state index contributed by atoms with van der Waals surface area (Å²) in [5.41, 5.74) is 0. The number of nitrogens with zero attached hydrogens (tertiary/aromatic N) is 1. The van der Waals surface area contributed by atoms with Gasteiger partial charge in [-0.1, -0.05) is 6.92 Å². The van der Waals surface area contributed by atoms with Crippen LogP contribution in [0.15, 0.2) is 0 Å². The summed E-state index contributed by atoms with van der Waals surface area (Å²) < 4.78 is 25.4. The first-order valence-electron chi connectivity index (χ1n) is 6.82. The van der Waals surface area contributed by atoms with Gasteiger partial charge in [0.2, 0.25) is 15.9 Å². The molecule has 0 spiro atoms. The molecule has 1 N–H and O–H groups in total. The van der Waals surface area contributed by atoms with Gasteiger partial charge < -0.3 is 5.32 Å². The van der Waals surface area contributed by atoms with Crippen molar-refractivity contribution in [1.82, 2.24) is 9.62 Å². The number of alkyl halides is 1. The molecule has 0 aliphatic carbocycles. The fourth-order valence-electron chi connectivity index (χ4n) is 2.17. The van der Waals surface area contributed by atoms with Crippen molar-refractivity contribution in [3.8, 4) is 0 Å². The summed E-state index contributed by atoms with van der Waals surface area (Å²) in [5, 5.41) is 2.95. The van der Waals surface area contributed by atoms with Gasteiger partial charge in [0.15, 0.2) is 0 Å². The molecule has 0 saturated carbocycles. The molecule has 1 aliphatic heterocycles. The number of sulfonamides is 1. The summed E-state index contributed by atoms with van der Waals surface area (Å²) >= 11 is 5.53. The number of hydrogen-bond acceptors (Lipinski definition) is 3. The quantitative estimate of drug-likeness (QED) is 0.721. The van der Waals surface area contributed by atoms with Crippen molar-refractivity contribution in [2.75, 3.05) is 24.7 Å². The molecule has 1 heterocycles. The summed E-state index contributed by atoms with van der Waals surface area (Å²) in [5.74, 6) is 0.539. The highest BCUT2D eigenvalue weighted by Gasteiger charge is 2.27. The molecule has 1 saturated heterocycles. The molecule has 1 aliphatic rings. The van der Waals surface area contributed by atoms with E-state index in [4.69, 9.17) is 11.6 Å². The Hall–Kier alpha value is -0.330. The highest BCUT2D eigenvalue weighted by Crippen LogP contribution is 2.15. The lowest BCUT2D eigenvalue weighted by Crippen LogP contribution is -2.47. The molecule has 0 aromatic carbocycles. The number of piperidine rings is 1. The normalized spacial score (nSPS) is 18.4. The third-order valence-corrected chi connectivity index (χ3v) is 5.45. The predicted molar refractivity (Wildman–Crippen MR) is 76.8 cm³/mol. The molecule has 7 heteroatoms. The summed E-state index contributed by atoms with van der Waals surface area (Å²) in [6.45, 7) is 2.94. The van der Waals surface area contributed by atoms with Gasteiger partial charge in [0, 0.05) is 31.4 Å². The van der Waals surface area contributed by atoms with E-state index in [9.17, 15) is 13.2 Å². The minimum absolute atomic E-state index is 0.0611. The van der Waals surface area contributed by atoms with Crippen molar-refractivity contribution in [3.05, 3.63) is 0 Å². The number of halogens is 1. The molecule has 0 radical (unpaired) electrons. The number of hydrogen-bond donors (Lipinski definition) is 1. The van der Waals surface area contributed by atoms with Crippen molar-refractivity contribution < 1.29 is 13.2 Å². The molecule has 1 amide bonds. The average molecular weight is 311 g/mol. The lowest BCUT2D eigenvalue weighted by molar-refractivity contribution is -0.122. The zero-order valence-corrected chi connectivity index (χ0v) is 13.0. The molecule has 0 bridgehead atoms. The van der Waals surface area contributed by atoms with Crippen LogP contribution in [0, 0.1) is 0 Å². The summed E-state index contributed by atoms with van der Waals surface area (Å²) in [4.78, 5) is 11.5. The van der Waals surface area contributed by atoms with Crippen LogP contribution in [0.25, 0.3) is 0 Å². The summed E-state index contributed by atoms with van der Waals surface area (Å²) in [7, 11) is -3.17. The summed E-state index contributed by atoms with van der Waals surface area (Å²) in [6, 6.07) is 0.110. The molecule has 0 aromatic rings. The van der Waals surface area contributed by atoms with Crippen molar-refractivity contribution in [2.45, 2.75) is 45.1 Å². The Morgan fingerprint density at radius 2 is 2.00 bits per heavy atom. The van der Waals surface area contributed by atoms with E-state index in [-0.39, 0.29) is 17.7 Å². The second-order valence-corrected chi connectivity index (χ2v) is 7.32. The van der Waals surface area contributed by atoms with E-state index >= 15 is 0 Å². The first kappa shape index (κ1) is 16.7. The SMILES string of the molecule is CCCC(=O)NC1CCN(S(=O)(=O)CCCCl)CC1. The number of rotatable bonds is 7. The van der Waals surface area contributed by atoms with Crippen LogP contribution in [0.5, 0.6) is 0 Å². The monoisotopic (exact) mass is 310 g/mol. The topological polar surface area (TPSA) is 66.5 Å². The van der Waals surface area contributed by atoms with Gasteiger partial charge >= 0.3 is 0 Å². The molecular formula is C12H23ClN2O3S. The molecule has 1 rings (SSSR count). The molecule has 5 nitrogen and oxygen atoms in total. The number of carbonyl (C=O) groups excluding carboxylic acids is 1. The second kappa shape index (κ2) is 8.07. The van der Waals surface area contributed by atoms with Gasteiger partial charge in [0.05, 0.1) is 5.75 Å². The number of amides is 1. The van der Waals surface area contributed by atoms with Crippen molar-refractivity contribution >= 4 is 27.5 Å². The van der Waals surface area contributed by atoms with E-state index in [1.165, 1.54) is 4.31 Å². The van der Waals surface area contributed by atoms with Gasteiger partial charge in [-0.15, -0.1) is 11.6 Å². The third kappa shape index (κ3) is 5.67. The molecule has 1 fully saturated rings. The lowest BCUT2D eigenvalue weighted by Gasteiger charge is -2.31. The third-order valence-electron chi connectivity index (χ3n) is 3.23. The Morgan fingerprint density at radius 1 is 1.37 bits per heavy atom. The second-order valence-electron chi connectivity index (χ2n) is 4.85. The average Bonchev–Trinajstić information content (AvgIpc) is 2.37. The van der Waals surface area contributed by atoms with E-state index in [1.54, 1.807) is 0 Å². The van der Waals surface area contributed by atoms with Crippen LogP contribution >= 0.6 is 11.6 Å². The molecule has 0 atom stereocenters. The van der Waals surface area contributed by atoms with Crippen molar-refractivity contribution in [3.63, 3.8) is 0 Å². The minimum atomic E-state index is -3.17. The van der Waals surface area contributed by atoms with Crippen molar-refractivity contribution in [1.29, 1.82) is 0 Å². The number of nitrogens with one attached hydrogen (secondary N) is 1. The van der Waals surface area contributed by atoms with Gasteiger partial charge in [-0.05, 0) is 25.7 Å². The summed E-state index contributed by atoms with van der Waals surface area (Å²) in [6.07, 6.45) is 3.23. The highest BCUT2D eigenvalue weighted by molar-refractivity contribution is 7.89. The van der Waals surface area contributed by atoms with E-state index in [1.807, 2.05) is 6.92 Å². The fraction of sp³-hybridized carbons (Fsp3) is 0.917. The smallest absolute Gasteiger partial charge is 0.220 e. The Morgan fingerprint density at radius 3 is 2.53 bits per heavy atom. The lowest BCUT2D eigenvalue weighted by atomic mass is 10.1. The molecule has 0 aromatic heterocycles. The van der Waals surface area contributed by atoms with Crippen LogP contribution in [0.3, 0.4) is 0 Å². The van der Waals surface area contributed by atoms with E-state index in [0.29, 0.717) is 44.7 Å². The van der Waals surface area contributed by atoms with Crippen LogP contribution in [0.2, 0.25) is 0 Å². The first-order chi connectivity index (χ1) is 8.99. The standard InChI is InChI=1S/C12H23ClN2O3S/c1-2-4-12(16)14-11-5-8-15(9-6-11)19(17,18)10-3-7-13/h11H,2-10H2,1H3,(H,14,16). The zero-order chi connectivity index (χ0) is 14.3. The predicted octanol–water partition coefficient (Wildman–Crippen LogP) is 1.33. The molecular weight excluding hydrogens is 288 g/mol. The Labute approximate surface area is 120 Å². The fourth-order valence-corrected chi connectivity index (χ4v) is 4.00. The van der Waals surface area contributed by atoms with E-state index < -0.39 is 10.0 Å². The maximum Gasteiger partial charge on any atom is 0.220 e. The Balaban J connectivity index is 2.38. The Bertz CT molecular complexity index is 378. The maximum atomic E-state index is 12.0. The molecule has 112 valence electrons. The van der Waals surface area contributed by atoms with Gasteiger partial charge in [0.1, 0.15) is 0 Å². The number of carbonyl (C=O) groups is 1. The Kier molecular flexibility index (Phi) is 7.10. The first-order valence-corrected chi connectivity index (χ1v) is 8.97. The largest absolute Gasteiger partial charge is 0.353 e. The van der Waals surface area contributed by atoms with Gasteiger partial charge in [-0.25, -0.2) is 12.7 Å². The van der Waals surface area contributed by atoms with Crippen molar-refractivity contribution in [2.24, 2.45) is 0 Å². The van der Waals surface area contributed by atoms with E-state index in [0.717, 1.165) is 6.42 Å². The van der Waals surface area contributed by atoms with E-state index in [2.05, 4.69) is 5.32 Å². The van der Waals surface area contributed by atoms with Crippen LogP contribution < -0.4 is 5.32 Å². The highest BCUT2D eigenvalue weighted by atomic mass is 35.5. The minimum Gasteiger partial charge on any atom is -0.353 e. The van der Waals surface area contributed by atoms with Crippen LogP contribution in [-0.4, -0.2) is 49.4 Å². The molecule has 0 unspecified atom stereocenters. The van der Waals surface area contributed by atoms with Crippen LogP contribution in [-0.2, 0) is 14.8 Å². The van der Waals surface area contributed by atoms with Gasteiger partial charge in [-0.3, -0.25) is 4.79 Å². The van der Waals surface area contributed by atoms with Crippen LogP contribution in [0.4, 0.5) is 0 Å². The zero-order valence-electron chi connectivity index (χ0n) is 11.4. The van der Waals surface area contributed by atoms with Crippen LogP contribution in [0.1, 0.15) is 39.0 Å².